The quantitative estimate of drug-likeness (QED) is 0.557. The highest BCUT2D eigenvalue weighted by Gasteiger charge is 2.40. The van der Waals surface area contributed by atoms with Crippen LogP contribution in [0.5, 0.6) is 0 Å². The van der Waals surface area contributed by atoms with Gasteiger partial charge in [0, 0.05) is 18.1 Å². The van der Waals surface area contributed by atoms with E-state index in [0.717, 1.165) is 11.3 Å². The topological polar surface area (TPSA) is 26.3 Å². The summed E-state index contributed by atoms with van der Waals surface area (Å²) in [5.41, 5.74) is 0.888. The smallest absolute Gasteiger partial charge is 0.250 e. The summed E-state index contributed by atoms with van der Waals surface area (Å²) in [5, 5.41) is 0.168. The lowest BCUT2D eigenvalue weighted by Gasteiger charge is -2.36. The highest BCUT2D eigenvalue weighted by molar-refractivity contribution is 6.74. The van der Waals surface area contributed by atoms with Gasteiger partial charge in [-0.25, -0.2) is 0 Å². The number of hydrogen-bond acceptors (Lipinski definition) is 2. The van der Waals surface area contributed by atoms with E-state index in [2.05, 4.69) is 47.7 Å². The van der Waals surface area contributed by atoms with Gasteiger partial charge in [0.05, 0.1) is 5.76 Å². The molecule has 3 heteroatoms. The number of ketones is 1. The monoisotopic (exact) mass is 266 g/mol. The zero-order valence-electron chi connectivity index (χ0n) is 12.8. The van der Waals surface area contributed by atoms with E-state index in [1.54, 1.807) is 6.08 Å². The molecule has 0 aliphatic heterocycles. The van der Waals surface area contributed by atoms with E-state index in [9.17, 15) is 4.79 Å². The van der Waals surface area contributed by atoms with Gasteiger partial charge in [0.15, 0.2) is 5.78 Å². The Morgan fingerprint density at radius 1 is 1.33 bits per heavy atom. The van der Waals surface area contributed by atoms with Crippen molar-refractivity contribution < 1.29 is 9.22 Å². The average Bonchev–Trinajstić information content (AvgIpc) is 2.42. The zero-order chi connectivity index (χ0) is 14.1. The zero-order valence-corrected chi connectivity index (χ0v) is 13.8. The van der Waals surface area contributed by atoms with Crippen LogP contribution in [-0.4, -0.2) is 14.1 Å². The maximum Gasteiger partial charge on any atom is 0.250 e. The second-order valence-corrected chi connectivity index (χ2v) is 11.7. The number of carbonyl (C=O) groups excluding carboxylic acids is 1. The Morgan fingerprint density at radius 2 is 1.89 bits per heavy atom. The third-order valence-corrected chi connectivity index (χ3v) is 8.09. The van der Waals surface area contributed by atoms with Crippen molar-refractivity contribution in [2.45, 2.75) is 59.2 Å². The third-order valence-electron chi connectivity index (χ3n) is 3.70. The Labute approximate surface area is 112 Å². The summed E-state index contributed by atoms with van der Waals surface area (Å²) in [7, 11) is -1.82. The molecule has 0 saturated carbocycles. The third kappa shape index (κ3) is 3.58. The summed E-state index contributed by atoms with van der Waals surface area (Å²) in [6, 6.07) is 0. The van der Waals surface area contributed by atoms with E-state index in [4.69, 9.17) is 4.43 Å². The Kier molecular flexibility index (Phi) is 4.26. The first-order chi connectivity index (χ1) is 8.03. The predicted molar refractivity (Wildman–Crippen MR) is 78.9 cm³/mol. The molecule has 0 fully saturated rings. The molecule has 18 heavy (non-hydrogen) atoms. The summed E-state index contributed by atoms with van der Waals surface area (Å²) < 4.78 is 6.18. The molecule has 0 atom stereocenters. The van der Waals surface area contributed by atoms with Gasteiger partial charge in [-0.05, 0) is 24.1 Å². The van der Waals surface area contributed by atoms with Crippen molar-refractivity contribution in [2.24, 2.45) is 5.92 Å². The van der Waals surface area contributed by atoms with Crippen molar-refractivity contribution in [3.05, 3.63) is 23.5 Å². The van der Waals surface area contributed by atoms with Crippen LogP contribution in [-0.2, 0) is 9.22 Å². The van der Waals surface area contributed by atoms with Crippen LogP contribution in [0.15, 0.2) is 23.5 Å². The van der Waals surface area contributed by atoms with Gasteiger partial charge in [0.2, 0.25) is 8.32 Å². The van der Waals surface area contributed by atoms with Crippen molar-refractivity contribution in [1.82, 2.24) is 0 Å². The molecule has 2 nitrogen and oxygen atoms in total. The molecular weight excluding hydrogens is 240 g/mol. The molecule has 0 unspecified atom stereocenters. The fraction of sp³-hybridized carbons (Fsp3) is 0.667. The summed E-state index contributed by atoms with van der Waals surface area (Å²) in [6.07, 6.45) is 4.39. The van der Waals surface area contributed by atoms with Crippen LogP contribution in [0.25, 0.3) is 0 Å². The van der Waals surface area contributed by atoms with Crippen LogP contribution in [0.3, 0.4) is 0 Å². The lowest BCUT2D eigenvalue weighted by atomic mass is 10.1. The van der Waals surface area contributed by atoms with E-state index in [-0.39, 0.29) is 10.8 Å². The van der Waals surface area contributed by atoms with E-state index in [1.807, 2.05) is 6.08 Å². The SMILES string of the molecule is CC(C)C=C1CC(O[Si](C)(C)C(C)(C)C)=CC1=O. The Hall–Kier alpha value is -0.833. The summed E-state index contributed by atoms with van der Waals surface area (Å²) >= 11 is 0. The summed E-state index contributed by atoms with van der Waals surface area (Å²) in [5.74, 6) is 1.39. The molecule has 0 saturated heterocycles. The second kappa shape index (κ2) is 5.04. The minimum absolute atomic E-state index is 0.123. The van der Waals surface area contributed by atoms with Gasteiger partial charge in [-0.15, -0.1) is 0 Å². The molecule has 102 valence electrons. The van der Waals surface area contributed by atoms with E-state index in [0.29, 0.717) is 12.3 Å². The molecule has 0 amide bonds. The standard InChI is InChI=1S/C15H26O2Si/c1-11(2)8-12-9-13(10-14(12)16)17-18(6,7)15(3,4)5/h8,10-11H,9H2,1-7H3. The Bertz CT molecular complexity index is 395. The molecule has 1 aliphatic carbocycles. The van der Waals surface area contributed by atoms with Gasteiger partial charge in [-0.2, -0.15) is 0 Å². The Morgan fingerprint density at radius 3 is 2.33 bits per heavy atom. The van der Waals surface area contributed by atoms with E-state index < -0.39 is 8.32 Å². The highest BCUT2D eigenvalue weighted by atomic mass is 28.4. The van der Waals surface area contributed by atoms with Crippen molar-refractivity contribution in [2.75, 3.05) is 0 Å². The molecule has 0 aromatic rings. The maximum absolute atomic E-state index is 11.8. The lowest BCUT2D eigenvalue weighted by molar-refractivity contribution is -0.111. The molecule has 0 aromatic heterocycles. The first kappa shape index (κ1) is 15.2. The second-order valence-electron chi connectivity index (χ2n) is 6.95. The van der Waals surface area contributed by atoms with Crippen molar-refractivity contribution in [1.29, 1.82) is 0 Å². The van der Waals surface area contributed by atoms with Crippen molar-refractivity contribution in [3.8, 4) is 0 Å². The molecule has 1 aliphatic rings. The summed E-state index contributed by atoms with van der Waals surface area (Å²) in [4.78, 5) is 11.8. The maximum atomic E-state index is 11.8. The van der Waals surface area contributed by atoms with Crippen LogP contribution in [0.2, 0.25) is 18.1 Å². The first-order valence-electron chi connectivity index (χ1n) is 6.67. The van der Waals surface area contributed by atoms with E-state index in [1.165, 1.54) is 0 Å². The predicted octanol–water partition coefficient (Wildman–Crippen LogP) is 4.45. The van der Waals surface area contributed by atoms with Crippen molar-refractivity contribution >= 4 is 14.1 Å². The van der Waals surface area contributed by atoms with Gasteiger partial charge >= 0.3 is 0 Å². The molecule has 0 radical (unpaired) electrons. The average molecular weight is 266 g/mol. The first-order valence-corrected chi connectivity index (χ1v) is 9.58. The summed E-state index contributed by atoms with van der Waals surface area (Å²) in [6.45, 7) is 15.2. The Balaban J connectivity index is 2.79. The van der Waals surface area contributed by atoms with Gasteiger partial charge in [0.1, 0.15) is 0 Å². The van der Waals surface area contributed by atoms with Gasteiger partial charge in [0.25, 0.3) is 0 Å². The number of rotatable bonds is 3. The highest BCUT2D eigenvalue weighted by Crippen LogP contribution is 2.39. The fourth-order valence-electron chi connectivity index (χ4n) is 1.65. The van der Waals surface area contributed by atoms with Crippen LogP contribution < -0.4 is 0 Å². The molecule has 0 spiro atoms. The molecular formula is C15H26O2Si. The minimum Gasteiger partial charge on any atom is -0.546 e. The minimum atomic E-state index is -1.82. The number of carbonyl (C=O) groups is 1. The molecule has 0 N–H and O–H groups in total. The van der Waals surface area contributed by atoms with Crippen LogP contribution >= 0.6 is 0 Å². The molecule has 0 bridgehead atoms. The number of allylic oxidation sites excluding steroid dienone is 3. The molecule has 0 heterocycles. The fourth-order valence-corrected chi connectivity index (χ4v) is 2.75. The molecule has 0 aromatic carbocycles. The largest absolute Gasteiger partial charge is 0.546 e. The van der Waals surface area contributed by atoms with Gasteiger partial charge in [-0.3, -0.25) is 4.79 Å². The lowest BCUT2D eigenvalue weighted by Crippen LogP contribution is -2.40. The van der Waals surface area contributed by atoms with Crippen molar-refractivity contribution in [3.63, 3.8) is 0 Å². The van der Waals surface area contributed by atoms with Crippen LogP contribution in [0.1, 0.15) is 41.0 Å². The molecule has 1 rings (SSSR count). The van der Waals surface area contributed by atoms with Crippen LogP contribution in [0.4, 0.5) is 0 Å². The normalized spacial score (nSPS) is 19.7. The number of hydrogen-bond donors (Lipinski definition) is 0. The van der Waals surface area contributed by atoms with Crippen LogP contribution in [0, 0.1) is 5.92 Å². The van der Waals surface area contributed by atoms with Gasteiger partial charge in [-0.1, -0.05) is 40.7 Å². The van der Waals surface area contributed by atoms with Gasteiger partial charge < -0.3 is 4.43 Å². The van der Waals surface area contributed by atoms with E-state index >= 15 is 0 Å².